The number of fused-ring (bicyclic) bond motifs is 22. The highest BCUT2D eigenvalue weighted by atomic mass is 28.3. The van der Waals surface area contributed by atoms with Gasteiger partial charge in [0.2, 0.25) is 0 Å². The van der Waals surface area contributed by atoms with Crippen molar-refractivity contribution in [2.45, 2.75) is 0 Å². The number of rotatable bonds is 4. The molecule has 12 aromatic rings. The van der Waals surface area contributed by atoms with Crippen molar-refractivity contribution in [3.05, 3.63) is 231 Å². The Balaban J connectivity index is 0.958. The van der Waals surface area contributed by atoms with E-state index in [9.17, 15) is 0 Å². The van der Waals surface area contributed by atoms with E-state index >= 15 is 0 Å². The van der Waals surface area contributed by atoms with Crippen molar-refractivity contribution in [2.24, 2.45) is 0 Å². The van der Waals surface area contributed by atoms with Crippen LogP contribution in [0.25, 0.3) is 65.9 Å². The first-order valence-corrected chi connectivity index (χ1v) is 25.5. The van der Waals surface area contributed by atoms with E-state index in [0.717, 1.165) is 0 Å². The van der Waals surface area contributed by atoms with Crippen molar-refractivity contribution >= 4 is 120 Å². The number of aromatic nitrogens is 2. The maximum Gasteiger partial charge on any atom is 0.421 e. The second-order valence-corrected chi connectivity index (χ2v) is 22.5. The van der Waals surface area contributed by atoms with Crippen molar-refractivity contribution in [1.29, 1.82) is 0 Å². The van der Waals surface area contributed by atoms with E-state index < -0.39 is 8.07 Å². The third kappa shape index (κ3) is 4.41. The fraction of sp³-hybridized carbons (Fsp3) is 0. The lowest BCUT2D eigenvalue weighted by Crippen LogP contribution is -2.74. The van der Waals surface area contributed by atoms with Gasteiger partial charge in [0.05, 0.1) is 22.4 Å². The maximum atomic E-state index is 2.62. The summed E-state index contributed by atoms with van der Waals surface area (Å²) in [4.78, 5) is 5.24. The second-order valence-electron chi connectivity index (χ2n) is 18.7. The molecule has 0 unspecified atom stereocenters. The minimum absolute atomic E-state index is 0.0145. The summed E-state index contributed by atoms with van der Waals surface area (Å²) in [5, 5.41) is 10.7. The molecule has 0 bridgehead atoms. The van der Waals surface area contributed by atoms with E-state index in [0.29, 0.717) is 0 Å². The van der Waals surface area contributed by atoms with Crippen LogP contribution in [0.1, 0.15) is 0 Å². The summed E-state index contributed by atoms with van der Waals surface area (Å²) >= 11 is 0. The van der Waals surface area contributed by atoms with Gasteiger partial charge in [0.25, 0.3) is 0 Å². The molecule has 2 aromatic heterocycles. The third-order valence-corrected chi connectivity index (χ3v) is 20.5. The van der Waals surface area contributed by atoms with E-state index in [1.807, 2.05) is 0 Å². The summed E-state index contributed by atoms with van der Waals surface area (Å²) in [6, 6.07) is 87.9. The first-order chi connectivity index (χ1) is 33.3. The zero-order chi connectivity index (χ0) is 43.5. The first-order valence-electron chi connectivity index (χ1n) is 23.5. The van der Waals surface area contributed by atoms with Crippen LogP contribution >= 0.6 is 0 Å². The van der Waals surface area contributed by atoms with Gasteiger partial charge in [-0.15, -0.1) is 0 Å². The molecule has 7 heteroatoms. The molecule has 308 valence electrons. The van der Waals surface area contributed by atoms with Gasteiger partial charge in [-0.2, -0.15) is 0 Å². The normalized spacial score (nSPS) is 13.9. The molecule has 0 N–H and O–H groups in total. The Morgan fingerprint density at radius 1 is 0.284 bits per heavy atom. The molecule has 0 radical (unpaired) electrons. The van der Waals surface area contributed by atoms with E-state index in [1.165, 1.54) is 120 Å². The van der Waals surface area contributed by atoms with Crippen LogP contribution in [-0.4, -0.2) is 31.0 Å². The van der Waals surface area contributed by atoms with Crippen molar-refractivity contribution in [3.63, 3.8) is 0 Å². The van der Waals surface area contributed by atoms with Crippen LogP contribution in [0.3, 0.4) is 0 Å². The quantitative estimate of drug-likeness (QED) is 0.130. The van der Waals surface area contributed by atoms with Gasteiger partial charge in [-0.3, -0.25) is 0 Å². The van der Waals surface area contributed by atoms with Crippen LogP contribution in [0, 0.1) is 0 Å². The van der Waals surface area contributed by atoms with Gasteiger partial charge in [-0.05, 0) is 79.2 Å². The Hall–Kier alpha value is -8.25. The zero-order valence-corrected chi connectivity index (χ0v) is 37.4. The van der Waals surface area contributed by atoms with Crippen LogP contribution in [-0.2, 0) is 0 Å². The Bertz CT molecular complexity index is 3840. The summed E-state index contributed by atoms with van der Waals surface area (Å²) in [6.07, 6.45) is 0. The van der Waals surface area contributed by atoms with Gasteiger partial charge in [-0.25, -0.2) is 0 Å². The third-order valence-electron chi connectivity index (χ3n) is 15.8. The summed E-state index contributed by atoms with van der Waals surface area (Å²) in [7, 11) is -3.05. The molecule has 16 rings (SSSR count). The Kier molecular flexibility index (Phi) is 6.97. The predicted octanol–water partition coefficient (Wildman–Crippen LogP) is 10.0. The minimum Gasteiger partial charge on any atom is -0.359 e. The van der Waals surface area contributed by atoms with E-state index in [4.69, 9.17) is 0 Å². The highest BCUT2D eigenvalue weighted by Crippen LogP contribution is 2.51. The fourth-order valence-electron chi connectivity index (χ4n) is 13.2. The van der Waals surface area contributed by atoms with Crippen molar-refractivity contribution in [1.82, 2.24) is 8.96 Å². The Morgan fingerprint density at radius 2 is 0.687 bits per heavy atom. The standard InChI is InChI=1S/C60H38B2N4Si/c1-3-17-39(18-4-1)67(40-19-5-2-6-20-40,41-33-35-55-49(37-41)43-21-7-11-27-51(43)61-63(55)57-31-15-25-47-45-23-9-13-29-53(45)65(61)59(47)57)42-34-36-56-50(38-42)44-22-8-12-28-52(44)62-64(56)58-32-16-26-48-46-24-10-14-30-54(46)66(62)60(48)58/h1-38H. The molecule has 4 nitrogen and oxygen atoms in total. The molecular weight excluding hydrogens is 826 g/mol. The average Bonchev–Trinajstić information content (AvgIpc) is 4.14. The first kappa shape index (κ1) is 36.0. The lowest BCUT2D eigenvalue weighted by atomic mass is 9.60. The average molecular weight is 865 g/mol. The maximum absolute atomic E-state index is 3.05. The number of hydrogen-bond acceptors (Lipinski definition) is 2. The van der Waals surface area contributed by atoms with E-state index in [-0.39, 0.29) is 14.0 Å². The molecule has 0 atom stereocenters. The van der Waals surface area contributed by atoms with Crippen molar-refractivity contribution in [2.75, 3.05) is 9.62 Å². The molecule has 0 fully saturated rings. The van der Waals surface area contributed by atoms with Gasteiger partial charge in [0.1, 0.15) is 0 Å². The lowest BCUT2D eigenvalue weighted by Gasteiger charge is -2.39. The minimum atomic E-state index is -3.05. The van der Waals surface area contributed by atoms with Gasteiger partial charge in [0.15, 0.2) is 8.07 Å². The largest absolute Gasteiger partial charge is 0.421 e. The van der Waals surface area contributed by atoms with E-state index in [2.05, 4.69) is 249 Å². The summed E-state index contributed by atoms with van der Waals surface area (Å²) < 4.78 is 5.19. The fourth-order valence-corrected chi connectivity index (χ4v) is 18.0. The van der Waals surface area contributed by atoms with Crippen LogP contribution in [0.2, 0.25) is 0 Å². The molecule has 0 saturated carbocycles. The van der Waals surface area contributed by atoms with Crippen molar-refractivity contribution < 1.29 is 0 Å². The number of hydrogen-bond donors (Lipinski definition) is 0. The Morgan fingerprint density at radius 3 is 1.16 bits per heavy atom. The van der Waals surface area contributed by atoms with E-state index in [1.54, 1.807) is 0 Å². The number of anilines is 4. The smallest absolute Gasteiger partial charge is 0.359 e. The highest BCUT2D eigenvalue weighted by Gasteiger charge is 2.49. The van der Waals surface area contributed by atoms with Crippen LogP contribution < -0.4 is 41.3 Å². The summed E-state index contributed by atoms with van der Waals surface area (Å²) in [6.45, 7) is 0.0290. The molecule has 0 saturated heterocycles. The molecule has 0 spiro atoms. The SMILES string of the molecule is c1ccc([Si](c2ccccc2)(c2ccc3c(c2)-c2ccccc2B2N3c3cccc4c5ccccc5n2c34)c2ccc3c(c2)-c2ccccc2B2N3c3cccc4c5ccccc5n2c34)cc1. The van der Waals surface area contributed by atoms with Gasteiger partial charge < -0.3 is 18.6 Å². The van der Waals surface area contributed by atoms with Crippen LogP contribution in [0.15, 0.2) is 231 Å². The molecule has 4 aliphatic heterocycles. The molecule has 10 aromatic carbocycles. The van der Waals surface area contributed by atoms with Crippen molar-refractivity contribution in [3.8, 4) is 22.3 Å². The zero-order valence-electron chi connectivity index (χ0n) is 36.4. The Labute approximate surface area is 389 Å². The highest BCUT2D eigenvalue weighted by molar-refractivity contribution is 7.20. The van der Waals surface area contributed by atoms with Crippen LogP contribution in [0.4, 0.5) is 22.7 Å². The summed E-state index contributed by atoms with van der Waals surface area (Å²) in [5.74, 6) is 0. The molecule has 4 aliphatic rings. The lowest BCUT2D eigenvalue weighted by molar-refractivity contribution is 1.31. The second kappa shape index (κ2) is 13.0. The molecule has 6 heterocycles. The summed E-state index contributed by atoms with van der Waals surface area (Å²) in [5.41, 5.74) is 18.0. The molecule has 0 amide bonds. The van der Waals surface area contributed by atoms with Crippen LogP contribution in [0.5, 0.6) is 0 Å². The van der Waals surface area contributed by atoms with Gasteiger partial charge >= 0.3 is 14.0 Å². The molecule has 0 aliphatic carbocycles. The number of para-hydroxylation sites is 4. The van der Waals surface area contributed by atoms with Gasteiger partial charge in [0, 0.05) is 55.1 Å². The topological polar surface area (TPSA) is 16.3 Å². The molecular formula is C60H38B2N4Si. The number of benzene rings is 10. The monoisotopic (exact) mass is 864 g/mol. The molecule has 67 heavy (non-hydrogen) atoms. The van der Waals surface area contributed by atoms with Gasteiger partial charge in [-0.1, -0.05) is 194 Å². The number of nitrogens with zero attached hydrogens (tertiary/aromatic N) is 4. The predicted molar refractivity (Wildman–Crippen MR) is 286 cm³/mol.